The first-order valence-corrected chi connectivity index (χ1v) is 10.1. The number of anilines is 1. The SMILES string of the molecule is CC(C)(C)c1cc(NC(=O)NC2CCC(C(=O)O)CC2)n(Cc2ccccc2)n1. The number of carboxylic acids is 1. The van der Waals surface area contributed by atoms with Crippen molar-refractivity contribution in [3.8, 4) is 0 Å². The molecule has 1 heterocycles. The molecule has 0 spiro atoms. The average Bonchev–Trinajstić information content (AvgIpc) is 3.05. The lowest BCUT2D eigenvalue weighted by molar-refractivity contribution is -0.142. The predicted octanol–water partition coefficient (Wildman–Crippen LogP) is 3.99. The van der Waals surface area contributed by atoms with E-state index in [0.29, 0.717) is 38.0 Å². The summed E-state index contributed by atoms with van der Waals surface area (Å²) in [5, 5.41) is 19.7. The zero-order valence-corrected chi connectivity index (χ0v) is 17.3. The summed E-state index contributed by atoms with van der Waals surface area (Å²) < 4.78 is 1.82. The zero-order chi connectivity index (χ0) is 21.0. The summed E-state index contributed by atoms with van der Waals surface area (Å²) >= 11 is 0. The Morgan fingerprint density at radius 3 is 2.38 bits per heavy atom. The molecule has 0 aliphatic heterocycles. The van der Waals surface area contributed by atoms with E-state index >= 15 is 0 Å². The van der Waals surface area contributed by atoms with Crippen LogP contribution in [0.1, 0.15) is 57.7 Å². The Morgan fingerprint density at radius 1 is 1.14 bits per heavy atom. The smallest absolute Gasteiger partial charge is 0.320 e. The molecule has 0 saturated heterocycles. The third-order valence-electron chi connectivity index (χ3n) is 5.38. The molecule has 1 fully saturated rings. The molecule has 2 amide bonds. The topological polar surface area (TPSA) is 96.3 Å². The number of rotatable bonds is 5. The quantitative estimate of drug-likeness (QED) is 0.709. The molecule has 1 aromatic heterocycles. The van der Waals surface area contributed by atoms with Crippen LogP contribution in [0.25, 0.3) is 0 Å². The predicted molar refractivity (Wildman–Crippen MR) is 112 cm³/mol. The molecule has 0 radical (unpaired) electrons. The van der Waals surface area contributed by atoms with Crippen molar-refractivity contribution in [3.05, 3.63) is 47.7 Å². The van der Waals surface area contributed by atoms with Gasteiger partial charge in [-0.1, -0.05) is 51.1 Å². The number of amides is 2. The molecule has 1 aliphatic rings. The van der Waals surface area contributed by atoms with E-state index in [4.69, 9.17) is 10.2 Å². The first-order valence-electron chi connectivity index (χ1n) is 10.1. The van der Waals surface area contributed by atoms with E-state index in [0.717, 1.165) is 11.3 Å². The molecule has 0 unspecified atom stereocenters. The van der Waals surface area contributed by atoms with Crippen LogP contribution in [-0.2, 0) is 16.8 Å². The van der Waals surface area contributed by atoms with Gasteiger partial charge in [-0.25, -0.2) is 9.48 Å². The van der Waals surface area contributed by atoms with Gasteiger partial charge in [-0.05, 0) is 31.2 Å². The molecule has 29 heavy (non-hydrogen) atoms. The number of benzene rings is 1. The Labute approximate surface area is 171 Å². The van der Waals surface area contributed by atoms with E-state index in [1.165, 1.54) is 0 Å². The van der Waals surface area contributed by atoms with Crippen LogP contribution in [0.5, 0.6) is 0 Å². The number of urea groups is 1. The average molecular weight is 399 g/mol. The highest BCUT2D eigenvalue weighted by molar-refractivity contribution is 5.88. The number of nitrogens with zero attached hydrogens (tertiary/aromatic N) is 2. The summed E-state index contributed by atoms with van der Waals surface area (Å²) in [6.45, 7) is 6.84. The Hall–Kier alpha value is -2.83. The molecule has 7 heteroatoms. The second-order valence-corrected chi connectivity index (χ2v) is 8.79. The highest BCUT2D eigenvalue weighted by Crippen LogP contribution is 2.26. The van der Waals surface area contributed by atoms with E-state index < -0.39 is 5.97 Å². The number of aliphatic carboxylic acids is 1. The Balaban J connectivity index is 1.68. The molecule has 3 rings (SSSR count). The van der Waals surface area contributed by atoms with E-state index in [-0.39, 0.29) is 23.4 Å². The molecule has 1 aliphatic carbocycles. The monoisotopic (exact) mass is 398 g/mol. The van der Waals surface area contributed by atoms with Gasteiger partial charge >= 0.3 is 12.0 Å². The van der Waals surface area contributed by atoms with Gasteiger partial charge in [0.15, 0.2) is 0 Å². The number of carbonyl (C=O) groups is 2. The summed E-state index contributed by atoms with van der Waals surface area (Å²) in [4.78, 5) is 23.7. The zero-order valence-electron chi connectivity index (χ0n) is 17.3. The summed E-state index contributed by atoms with van der Waals surface area (Å²) in [7, 11) is 0. The Bertz CT molecular complexity index is 847. The van der Waals surface area contributed by atoms with Gasteiger partial charge in [-0.15, -0.1) is 0 Å². The number of carboxylic acid groups (broad SMARTS) is 1. The fraction of sp³-hybridized carbons (Fsp3) is 0.500. The van der Waals surface area contributed by atoms with Gasteiger partial charge < -0.3 is 10.4 Å². The minimum absolute atomic E-state index is 0.00168. The number of nitrogens with one attached hydrogen (secondary N) is 2. The summed E-state index contributed by atoms with van der Waals surface area (Å²) in [5.74, 6) is -0.388. The summed E-state index contributed by atoms with van der Waals surface area (Å²) in [5.41, 5.74) is 1.88. The normalized spacial score (nSPS) is 19.6. The van der Waals surface area contributed by atoms with Gasteiger partial charge in [0, 0.05) is 17.5 Å². The second-order valence-electron chi connectivity index (χ2n) is 8.79. The molecule has 1 aromatic carbocycles. The van der Waals surface area contributed by atoms with Crippen molar-refractivity contribution < 1.29 is 14.7 Å². The van der Waals surface area contributed by atoms with Crippen LogP contribution in [0.2, 0.25) is 0 Å². The van der Waals surface area contributed by atoms with Gasteiger partial charge in [0.2, 0.25) is 0 Å². The van der Waals surface area contributed by atoms with E-state index in [9.17, 15) is 9.59 Å². The maximum absolute atomic E-state index is 12.6. The lowest BCUT2D eigenvalue weighted by Crippen LogP contribution is -2.41. The van der Waals surface area contributed by atoms with Gasteiger partial charge in [-0.3, -0.25) is 10.1 Å². The van der Waals surface area contributed by atoms with Gasteiger partial charge in [0.1, 0.15) is 5.82 Å². The van der Waals surface area contributed by atoms with Crippen molar-refractivity contribution in [3.63, 3.8) is 0 Å². The van der Waals surface area contributed by atoms with Crippen molar-refractivity contribution >= 4 is 17.8 Å². The molecule has 2 aromatic rings. The molecule has 1 saturated carbocycles. The van der Waals surface area contributed by atoms with Crippen molar-refractivity contribution in [2.75, 3.05) is 5.32 Å². The minimum Gasteiger partial charge on any atom is -0.481 e. The van der Waals surface area contributed by atoms with E-state index in [1.807, 2.05) is 41.1 Å². The highest BCUT2D eigenvalue weighted by Gasteiger charge is 2.27. The number of hydrogen-bond acceptors (Lipinski definition) is 3. The van der Waals surface area contributed by atoms with Gasteiger partial charge in [0.05, 0.1) is 18.2 Å². The van der Waals surface area contributed by atoms with Crippen molar-refractivity contribution in [1.82, 2.24) is 15.1 Å². The van der Waals surface area contributed by atoms with Gasteiger partial charge in [-0.2, -0.15) is 5.10 Å². The lowest BCUT2D eigenvalue weighted by atomic mass is 9.86. The number of aromatic nitrogens is 2. The molecule has 0 bridgehead atoms. The van der Waals surface area contributed by atoms with Crippen molar-refractivity contribution in [2.24, 2.45) is 5.92 Å². The fourth-order valence-corrected chi connectivity index (χ4v) is 3.58. The lowest BCUT2D eigenvalue weighted by Gasteiger charge is -2.26. The third-order valence-corrected chi connectivity index (χ3v) is 5.38. The molecule has 7 nitrogen and oxygen atoms in total. The fourth-order valence-electron chi connectivity index (χ4n) is 3.58. The van der Waals surface area contributed by atoms with E-state index in [2.05, 4.69) is 31.4 Å². The maximum Gasteiger partial charge on any atom is 0.320 e. The van der Waals surface area contributed by atoms with Crippen LogP contribution in [0.4, 0.5) is 10.6 Å². The van der Waals surface area contributed by atoms with Crippen LogP contribution >= 0.6 is 0 Å². The van der Waals surface area contributed by atoms with Crippen LogP contribution in [-0.4, -0.2) is 32.9 Å². The maximum atomic E-state index is 12.6. The molecular formula is C22H30N4O3. The Morgan fingerprint density at radius 2 is 1.79 bits per heavy atom. The first kappa shape index (κ1) is 20.9. The van der Waals surface area contributed by atoms with Gasteiger partial charge in [0.25, 0.3) is 0 Å². The molecule has 3 N–H and O–H groups in total. The first-order chi connectivity index (χ1) is 13.7. The van der Waals surface area contributed by atoms with Crippen molar-refractivity contribution in [2.45, 2.75) is 64.5 Å². The summed E-state index contributed by atoms with van der Waals surface area (Å²) in [6, 6.07) is 11.6. The van der Waals surface area contributed by atoms with Crippen molar-refractivity contribution in [1.29, 1.82) is 0 Å². The number of hydrogen-bond donors (Lipinski definition) is 3. The largest absolute Gasteiger partial charge is 0.481 e. The molecule has 156 valence electrons. The van der Waals surface area contributed by atoms with Crippen LogP contribution < -0.4 is 10.6 Å². The highest BCUT2D eigenvalue weighted by atomic mass is 16.4. The molecular weight excluding hydrogens is 368 g/mol. The standard InChI is InChI=1S/C22H30N4O3/c1-22(2,3)18-13-19(26(25-18)14-15-7-5-4-6-8-15)24-21(29)23-17-11-9-16(10-12-17)20(27)28/h4-8,13,16-17H,9-12,14H2,1-3H3,(H,27,28)(H2,23,24,29). The Kier molecular flexibility index (Phi) is 6.25. The second kappa shape index (κ2) is 8.68. The summed E-state index contributed by atoms with van der Waals surface area (Å²) in [6.07, 6.45) is 2.56. The van der Waals surface area contributed by atoms with Crippen LogP contribution in [0, 0.1) is 5.92 Å². The van der Waals surface area contributed by atoms with E-state index in [1.54, 1.807) is 0 Å². The molecule has 0 atom stereocenters. The van der Waals surface area contributed by atoms with Crippen LogP contribution in [0.15, 0.2) is 36.4 Å². The minimum atomic E-state index is -0.743. The van der Waals surface area contributed by atoms with Crippen LogP contribution in [0.3, 0.4) is 0 Å². The third kappa shape index (κ3) is 5.59. The number of carbonyl (C=O) groups excluding carboxylic acids is 1.